The molecule has 0 radical (unpaired) electrons. The predicted molar refractivity (Wildman–Crippen MR) is 100 cm³/mol. The highest BCUT2D eigenvalue weighted by molar-refractivity contribution is 5.93. The van der Waals surface area contributed by atoms with E-state index >= 15 is 0 Å². The molecule has 27 heavy (non-hydrogen) atoms. The number of ether oxygens (including phenoxy) is 1. The van der Waals surface area contributed by atoms with Crippen molar-refractivity contribution in [3.8, 4) is 11.7 Å². The molecule has 0 aliphatic carbocycles. The van der Waals surface area contributed by atoms with Gasteiger partial charge in [0.15, 0.2) is 5.82 Å². The van der Waals surface area contributed by atoms with Crippen LogP contribution in [-0.2, 0) is 0 Å². The van der Waals surface area contributed by atoms with Crippen molar-refractivity contribution in [2.75, 3.05) is 25.0 Å². The van der Waals surface area contributed by atoms with E-state index in [0.29, 0.717) is 42.8 Å². The second-order valence-electron chi connectivity index (χ2n) is 5.68. The number of aryl methyl sites for hydroxylation is 1. The highest BCUT2D eigenvalue weighted by Gasteiger charge is 2.06. The van der Waals surface area contributed by atoms with Crippen molar-refractivity contribution in [1.82, 2.24) is 30.3 Å². The summed E-state index contributed by atoms with van der Waals surface area (Å²) in [6.07, 6.45) is 3.33. The zero-order valence-electron chi connectivity index (χ0n) is 15.2. The number of nitrogens with zero attached hydrogens (tertiary/aromatic N) is 5. The number of carbonyl (C=O) groups is 1. The van der Waals surface area contributed by atoms with Crippen molar-refractivity contribution in [2.24, 2.45) is 0 Å². The molecule has 2 N–H and O–H groups in total. The number of anilines is 1. The van der Waals surface area contributed by atoms with Crippen LogP contribution in [0.5, 0.6) is 5.88 Å². The molecule has 3 aromatic heterocycles. The number of hydrogen-bond acceptors (Lipinski definition) is 7. The number of amides is 1. The van der Waals surface area contributed by atoms with Crippen molar-refractivity contribution in [3.05, 3.63) is 54.0 Å². The fourth-order valence-electron chi connectivity index (χ4n) is 2.30. The molecule has 1 amide bonds. The van der Waals surface area contributed by atoms with Crippen LogP contribution in [0.4, 0.5) is 5.82 Å². The number of aromatic nitrogens is 5. The van der Waals surface area contributed by atoms with Gasteiger partial charge < -0.3 is 15.4 Å². The Balaban J connectivity index is 1.43. The first-order chi connectivity index (χ1) is 13.2. The lowest BCUT2D eigenvalue weighted by molar-refractivity contribution is 0.0954. The largest absolute Gasteiger partial charge is 0.478 e. The summed E-state index contributed by atoms with van der Waals surface area (Å²) < 4.78 is 6.92. The molecule has 0 spiro atoms. The molecule has 0 unspecified atom stereocenters. The third-order valence-corrected chi connectivity index (χ3v) is 3.62. The number of nitrogens with one attached hydrogen (secondary N) is 2. The second-order valence-corrected chi connectivity index (χ2v) is 5.68. The predicted octanol–water partition coefficient (Wildman–Crippen LogP) is 1.61. The minimum atomic E-state index is -0.192. The number of pyridine rings is 1. The molecule has 0 fully saturated rings. The maximum atomic E-state index is 12.1. The Morgan fingerprint density at radius 3 is 2.67 bits per heavy atom. The van der Waals surface area contributed by atoms with Crippen LogP contribution in [0.15, 0.2) is 42.7 Å². The van der Waals surface area contributed by atoms with Crippen LogP contribution in [0, 0.1) is 6.92 Å². The first-order valence-corrected chi connectivity index (χ1v) is 8.63. The maximum absolute atomic E-state index is 12.1. The lowest BCUT2D eigenvalue weighted by atomic mass is 10.2. The molecule has 0 saturated carbocycles. The number of carbonyl (C=O) groups excluding carboxylic acids is 1. The molecule has 3 aromatic rings. The standard InChI is InChI=1S/C18H21N7O2/c1-3-27-17-7-4-14(12-21-17)18(26)20-10-9-19-15-5-6-16(23-22-15)25-11-8-13(2)24-25/h4-8,11-12H,3,9-10H2,1-2H3,(H,19,22)(H,20,26). The summed E-state index contributed by atoms with van der Waals surface area (Å²) in [5.41, 5.74) is 1.40. The zero-order valence-corrected chi connectivity index (χ0v) is 15.2. The Morgan fingerprint density at radius 1 is 1.15 bits per heavy atom. The van der Waals surface area contributed by atoms with Gasteiger partial charge >= 0.3 is 0 Å². The summed E-state index contributed by atoms with van der Waals surface area (Å²) in [4.78, 5) is 16.1. The van der Waals surface area contributed by atoms with Crippen LogP contribution in [0.2, 0.25) is 0 Å². The fraction of sp³-hybridized carbons (Fsp3) is 0.278. The van der Waals surface area contributed by atoms with Gasteiger partial charge in [-0.25, -0.2) is 9.67 Å². The first kappa shape index (κ1) is 18.3. The molecule has 0 aromatic carbocycles. The Labute approximate surface area is 156 Å². The van der Waals surface area contributed by atoms with Gasteiger partial charge in [-0.3, -0.25) is 4.79 Å². The average Bonchev–Trinajstić information content (AvgIpc) is 3.13. The number of hydrogen-bond donors (Lipinski definition) is 2. The second kappa shape index (κ2) is 8.75. The fourth-order valence-corrected chi connectivity index (χ4v) is 2.30. The SMILES string of the molecule is CCOc1ccc(C(=O)NCCNc2ccc(-n3ccc(C)n3)nn2)cn1. The van der Waals surface area contributed by atoms with Gasteiger partial charge in [-0.15, -0.1) is 10.2 Å². The van der Waals surface area contributed by atoms with Crippen LogP contribution in [-0.4, -0.2) is 50.6 Å². The number of rotatable bonds is 8. The van der Waals surface area contributed by atoms with Crippen molar-refractivity contribution in [2.45, 2.75) is 13.8 Å². The molecule has 0 bridgehead atoms. The summed E-state index contributed by atoms with van der Waals surface area (Å²) in [5.74, 6) is 1.58. The van der Waals surface area contributed by atoms with E-state index in [-0.39, 0.29) is 5.91 Å². The smallest absolute Gasteiger partial charge is 0.252 e. The highest BCUT2D eigenvalue weighted by Crippen LogP contribution is 2.08. The Morgan fingerprint density at radius 2 is 2.04 bits per heavy atom. The van der Waals surface area contributed by atoms with E-state index in [9.17, 15) is 4.79 Å². The zero-order chi connectivity index (χ0) is 19.1. The van der Waals surface area contributed by atoms with Crippen molar-refractivity contribution < 1.29 is 9.53 Å². The molecule has 9 heteroatoms. The topological polar surface area (TPSA) is 107 Å². The van der Waals surface area contributed by atoms with E-state index in [0.717, 1.165) is 5.69 Å². The molecule has 9 nitrogen and oxygen atoms in total. The molecule has 0 atom stereocenters. The van der Waals surface area contributed by atoms with Gasteiger partial charge in [0.2, 0.25) is 5.88 Å². The van der Waals surface area contributed by atoms with E-state index in [1.807, 2.05) is 38.2 Å². The minimum absolute atomic E-state index is 0.192. The Kier molecular flexibility index (Phi) is 5.93. The van der Waals surface area contributed by atoms with Crippen molar-refractivity contribution in [1.29, 1.82) is 0 Å². The average molecular weight is 367 g/mol. The van der Waals surface area contributed by atoms with E-state index in [2.05, 4.69) is 30.9 Å². The normalized spacial score (nSPS) is 10.4. The third-order valence-electron chi connectivity index (χ3n) is 3.62. The maximum Gasteiger partial charge on any atom is 0.252 e. The molecule has 0 aliphatic heterocycles. The molecule has 140 valence electrons. The van der Waals surface area contributed by atoms with Gasteiger partial charge in [-0.2, -0.15) is 5.10 Å². The van der Waals surface area contributed by atoms with E-state index in [1.165, 1.54) is 6.20 Å². The van der Waals surface area contributed by atoms with E-state index in [1.54, 1.807) is 16.8 Å². The van der Waals surface area contributed by atoms with Crippen LogP contribution in [0.3, 0.4) is 0 Å². The lowest BCUT2D eigenvalue weighted by Gasteiger charge is -2.08. The summed E-state index contributed by atoms with van der Waals surface area (Å²) in [5, 5.41) is 18.4. The van der Waals surface area contributed by atoms with Crippen LogP contribution < -0.4 is 15.4 Å². The quantitative estimate of drug-likeness (QED) is 0.582. The molecule has 0 aliphatic rings. The van der Waals surface area contributed by atoms with Crippen LogP contribution in [0.1, 0.15) is 23.0 Å². The Hall–Kier alpha value is -3.49. The minimum Gasteiger partial charge on any atom is -0.478 e. The highest BCUT2D eigenvalue weighted by atomic mass is 16.5. The molecular formula is C18H21N7O2. The van der Waals surface area contributed by atoms with Gasteiger partial charge in [0.1, 0.15) is 5.82 Å². The molecular weight excluding hydrogens is 346 g/mol. The monoisotopic (exact) mass is 367 g/mol. The van der Waals surface area contributed by atoms with Gasteiger partial charge in [0.05, 0.1) is 17.9 Å². The van der Waals surface area contributed by atoms with E-state index in [4.69, 9.17) is 4.74 Å². The van der Waals surface area contributed by atoms with Gasteiger partial charge in [0.25, 0.3) is 5.91 Å². The Bertz CT molecular complexity index is 875. The first-order valence-electron chi connectivity index (χ1n) is 8.63. The lowest BCUT2D eigenvalue weighted by Crippen LogP contribution is -2.29. The molecule has 3 heterocycles. The van der Waals surface area contributed by atoms with Crippen LogP contribution >= 0.6 is 0 Å². The van der Waals surface area contributed by atoms with Gasteiger partial charge in [-0.05, 0) is 38.1 Å². The molecule has 0 saturated heterocycles. The summed E-state index contributed by atoms with van der Waals surface area (Å²) in [7, 11) is 0. The van der Waals surface area contributed by atoms with Gasteiger partial charge in [-0.1, -0.05) is 0 Å². The molecule has 3 rings (SSSR count). The summed E-state index contributed by atoms with van der Waals surface area (Å²) >= 11 is 0. The van der Waals surface area contributed by atoms with Crippen molar-refractivity contribution >= 4 is 11.7 Å². The summed E-state index contributed by atoms with van der Waals surface area (Å²) in [6, 6.07) is 8.90. The summed E-state index contributed by atoms with van der Waals surface area (Å²) in [6.45, 7) is 5.29. The van der Waals surface area contributed by atoms with Crippen molar-refractivity contribution in [3.63, 3.8) is 0 Å². The van der Waals surface area contributed by atoms with Gasteiger partial charge in [0, 0.05) is 31.5 Å². The van der Waals surface area contributed by atoms with E-state index < -0.39 is 0 Å². The van der Waals surface area contributed by atoms with Crippen LogP contribution in [0.25, 0.3) is 5.82 Å². The third kappa shape index (κ3) is 5.00.